The summed E-state index contributed by atoms with van der Waals surface area (Å²) in [6, 6.07) is 4.24. The number of ether oxygens (including phenoxy) is 1. The van der Waals surface area contributed by atoms with E-state index < -0.39 is 11.7 Å². The van der Waals surface area contributed by atoms with Crippen molar-refractivity contribution in [3.8, 4) is 0 Å². The number of carbonyl (C=O) groups excluding carboxylic acids is 1. The quantitative estimate of drug-likeness (QED) is 0.807. The number of carbonyl (C=O) groups is 1. The third-order valence-electron chi connectivity index (χ3n) is 2.60. The van der Waals surface area contributed by atoms with Crippen molar-refractivity contribution in [1.82, 2.24) is 5.32 Å². The number of nitrogens with two attached hydrogens (primary N) is 1. The topological polar surface area (TPSA) is 64.3 Å². The van der Waals surface area contributed by atoms with E-state index in [1.165, 1.54) is 6.07 Å². The summed E-state index contributed by atoms with van der Waals surface area (Å²) in [5, 5.41) is 3.18. The molecule has 1 rings (SSSR count). The van der Waals surface area contributed by atoms with Gasteiger partial charge >= 0.3 is 0 Å². The van der Waals surface area contributed by atoms with E-state index >= 15 is 0 Å². The molecule has 0 saturated carbocycles. The maximum absolute atomic E-state index is 13.7. The highest BCUT2D eigenvalue weighted by Crippen LogP contribution is 2.12. The molecule has 0 heterocycles. The molecule has 100 valence electrons. The van der Waals surface area contributed by atoms with Gasteiger partial charge in [0.1, 0.15) is 5.82 Å². The van der Waals surface area contributed by atoms with E-state index in [4.69, 9.17) is 10.5 Å². The van der Waals surface area contributed by atoms with Gasteiger partial charge in [-0.15, -0.1) is 0 Å². The molecule has 0 aliphatic heterocycles. The van der Waals surface area contributed by atoms with Gasteiger partial charge < -0.3 is 15.8 Å². The summed E-state index contributed by atoms with van der Waals surface area (Å²) in [4.78, 5) is 10.9. The van der Waals surface area contributed by atoms with Crippen LogP contribution in [0.4, 0.5) is 4.39 Å². The molecule has 0 fully saturated rings. The number of halogens is 1. The maximum atomic E-state index is 13.7. The van der Waals surface area contributed by atoms with Crippen LogP contribution in [0.3, 0.4) is 0 Å². The Hall–Kier alpha value is -1.46. The summed E-state index contributed by atoms with van der Waals surface area (Å²) in [5.41, 5.74) is 5.49. The molecule has 1 aromatic rings. The van der Waals surface area contributed by atoms with Crippen molar-refractivity contribution in [3.63, 3.8) is 0 Å². The van der Waals surface area contributed by atoms with Crippen molar-refractivity contribution in [2.24, 2.45) is 5.73 Å². The number of amides is 1. The van der Waals surface area contributed by atoms with E-state index in [0.29, 0.717) is 18.7 Å². The summed E-state index contributed by atoms with van der Waals surface area (Å²) < 4.78 is 18.8. The Labute approximate surface area is 106 Å². The van der Waals surface area contributed by atoms with Gasteiger partial charge in [0.2, 0.25) is 5.91 Å². The molecule has 3 N–H and O–H groups in total. The third kappa shape index (κ3) is 4.09. The fraction of sp³-hybridized carbons (Fsp3) is 0.462. The molecule has 4 nitrogen and oxygen atoms in total. The Bertz CT molecular complexity index is 433. The van der Waals surface area contributed by atoms with Crippen molar-refractivity contribution >= 4 is 5.91 Å². The second-order valence-corrected chi connectivity index (χ2v) is 4.84. The highest BCUT2D eigenvalue weighted by atomic mass is 19.1. The number of hydrogen-bond donors (Lipinski definition) is 2. The van der Waals surface area contributed by atoms with Gasteiger partial charge in [-0.25, -0.2) is 4.39 Å². The van der Waals surface area contributed by atoms with Gasteiger partial charge in [0.15, 0.2) is 0 Å². The molecule has 18 heavy (non-hydrogen) atoms. The van der Waals surface area contributed by atoms with Gasteiger partial charge in [-0.1, -0.05) is 6.07 Å². The molecule has 0 aromatic heterocycles. The number of methoxy groups -OCH3 is 1. The van der Waals surface area contributed by atoms with Gasteiger partial charge in [0.05, 0.1) is 6.61 Å². The van der Waals surface area contributed by atoms with Crippen molar-refractivity contribution in [1.29, 1.82) is 0 Å². The van der Waals surface area contributed by atoms with Gasteiger partial charge in [-0.3, -0.25) is 4.79 Å². The average molecular weight is 254 g/mol. The minimum Gasteiger partial charge on any atom is -0.383 e. The van der Waals surface area contributed by atoms with E-state index in [0.717, 1.165) is 6.07 Å². The number of benzene rings is 1. The van der Waals surface area contributed by atoms with E-state index in [1.807, 2.05) is 13.8 Å². The standard InChI is InChI=1S/C13H19FN2O2/c1-13(2,8-18-3)16-7-10-5-4-9(12(15)17)6-11(10)14/h4-6,16H,7-8H2,1-3H3,(H2,15,17). The maximum Gasteiger partial charge on any atom is 0.248 e. The van der Waals surface area contributed by atoms with Crippen LogP contribution >= 0.6 is 0 Å². The Balaban J connectivity index is 2.71. The first-order valence-corrected chi connectivity index (χ1v) is 5.68. The molecule has 0 unspecified atom stereocenters. The largest absolute Gasteiger partial charge is 0.383 e. The molecule has 0 aliphatic carbocycles. The van der Waals surface area contributed by atoms with Crippen LogP contribution < -0.4 is 11.1 Å². The Kier molecular flexibility index (Phi) is 4.81. The number of rotatable bonds is 6. The summed E-state index contributed by atoms with van der Waals surface area (Å²) >= 11 is 0. The molecule has 1 aromatic carbocycles. The predicted octanol–water partition coefficient (Wildman–Crippen LogP) is 1.44. The van der Waals surface area contributed by atoms with Crippen LogP contribution in [0.15, 0.2) is 18.2 Å². The number of primary amides is 1. The summed E-state index contributed by atoms with van der Waals surface area (Å²) in [5.74, 6) is -1.07. The lowest BCUT2D eigenvalue weighted by Crippen LogP contribution is -2.42. The zero-order valence-electron chi connectivity index (χ0n) is 10.9. The Morgan fingerprint density at radius 2 is 2.17 bits per heavy atom. The molecule has 5 heteroatoms. The second-order valence-electron chi connectivity index (χ2n) is 4.84. The van der Waals surface area contributed by atoms with Crippen LogP contribution in [-0.2, 0) is 11.3 Å². The molecule has 0 bridgehead atoms. The Morgan fingerprint density at radius 1 is 1.50 bits per heavy atom. The van der Waals surface area contributed by atoms with Crippen LogP contribution in [0, 0.1) is 5.82 Å². The summed E-state index contributed by atoms with van der Waals surface area (Å²) in [6.07, 6.45) is 0. The number of nitrogens with one attached hydrogen (secondary N) is 1. The smallest absolute Gasteiger partial charge is 0.248 e. The van der Waals surface area contributed by atoms with Gasteiger partial charge in [-0.2, -0.15) is 0 Å². The summed E-state index contributed by atoms with van der Waals surface area (Å²) in [6.45, 7) is 4.81. The molecule has 0 atom stereocenters. The predicted molar refractivity (Wildman–Crippen MR) is 67.7 cm³/mol. The zero-order valence-corrected chi connectivity index (χ0v) is 10.9. The number of hydrogen-bond acceptors (Lipinski definition) is 3. The highest BCUT2D eigenvalue weighted by molar-refractivity contribution is 5.92. The molecule has 0 saturated heterocycles. The van der Waals surface area contributed by atoms with Crippen molar-refractivity contribution in [3.05, 3.63) is 35.1 Å². The van der Waals surface area contributed by atoms with Crippen LogP contribution in [0.1, 0.15) is 29.8 Å². The fourth-order valence-electron chi connectivity index (χ4n) is 1.59. The minimum atomic E-state index is -0.631. The van der Waals surface area contributed by atoms with E-state index in [-0.39, 0.29) is 11.1 Å². The van der Waals surface area contributed by atoms with Gasteiger partial charge in [0.25, 0.3) is 0 Å². The summed E-state index contributed by atoms with van der Waals surface area (Å²) in [7, 11) is 1.62. The van der Waals surface area contributed by atoms with Crippen molar-refractivity contribution < 1.29 is 13.9 Å². The first-order valence-electron chi connectivity index (χ1n) is 5.68. The highest BCUT2D eigenvalue weighted by Gasteiger charge is 2.17. The second kappa shape index (κ2) is 5.93. The molecule has 1 amide bonds. The fourth-order valence-corrected chi connectivity index (χ4v) is 1.59. The average Bonchev–Trinajstić information content (AvgIpc) is 2.27. The Morgan fingerprint density at radius 3 is 2.67 bits per heavy atom. The first-order chi connectivity index (χ1) is 8.35. The zero-order chi connectivity index (χ0) is 13.8. The monoisotopic (exact) mass is 254 g/mol. The van der Waals surface area contributed by atoms with Crippen LogP contribution in [0.25, 0.3) is 0 Å². The van der Waals surface area contributed by atoms with Crippen molar-refractivity contribution in [2.75, 3.05) is 13.7 Å². The lowest BCUT2D eigenvalue weighted by molar-refractivity contribution is 0.1000. The molecule has 0 aliphatic rings. The van der Waals surface area contributed by atoms with Crippen molar-refractivity contribution in [2.45, 2.75) is 25.9 Å². The molecule has 0 spiro atoms. The first kappa shape index (κ1) is 14.6. The molecular weight excluding hydrogens is 235 g/mol. The third-order valence-corrected chi connectivity index (χ3v) is 2.60. The van der Waals surface area contributed by atoms with Gasteiger partial charge in [-0.05, 0) is 26.0 Å². The lowest BCUT2D eigenvalue weighted by atomic mass is 10.1. The molecule has 0 radical (unpaired) electrons. The van der Waals surface area contributed by atoms with E-state index in [1.54, 1.807) is 13.2 Å². The van der Waals surface area contributed by atoms with Crippen LogP contribution in [-0.4, -0.2) is 25.2 Å². The minimum absolute atomic E-state index is 0.174. The van der Waals surface area contributed by atoms with Gasteiger partial charge in [0, 0.05) is 30.3 Å². The normalized spacial score (nSPS) is 11.6. The van der Waals surface area contributed by atoms with E-state index in [2.05, 4.69) is 5.32 Å². The van der Waals surface area contributed by atoms with Crippen LogP contribution in [0.2, 0.25) is 0 Å². The van der Waals surface area contributed by atoms with Crippen LogP contribution in [0.5, 0.6) is 0 Å². The molecular formula is C13H19FN2O2. The van der Waals surface area contributed by atoms with E-state index in [9.17, 15) is 9.18 Å². The SMILES string of the molecule is COCC(C)(C)NCc1ccc(C(N)=O)cc1F. The lowest BCUT2D eigenvalue weighted by Gasteiger charge is -2.25.